The van der Waals surface area contributed by atoms with Crippen LogP contribution in [0.15, 0.2) is 0 Å². The number of hydrogen-bond donors (Lipinski definition) is 0. The Morgan fingerprint density at radius 3 is 1.69 bits per heavy atom. The first-order valence-electron chi connectivity index (χ1n) is 9.37. The van der Waals surface area contributed by atoms with Gasteiger partial charge in [0.2, 0.25) is 0 Å². The van der Waals surface area contributed by atoms with Crippen molar-refractivity contribution in [3.8, 4) is 0 Å². The smallest absolute Gasteiger partial charge is 0.187 e. The van der Waals surface area contributed by atoms with Crippen LogP contribution in [0.2, 0.25) is 58.9 Å². The van der Waals surface area contributed by atoms with Crippen molar-refractivity contribution in [3.63, 3.8) is 0 Å². The summed E-state index contributed by atoms with van der Waals surface area (Å²) in [7, 11) is -2.04. The Morgan fingerprint density at radius 2 is 1.31 bits per heavy atom. The number of ether oxygens (including phenoxy) is 3. The maximum Gasteiger partial charge on any atom is 0.187 e. The molecule has 0 amide bonds. The predicted molar refractivity (Wildman–Crippen MR) is 112 cm³/mol. The quantitative estimate of drug-likeness (QED) is 0.499. The summed E-state index contributed by atoms with van der Waals surface area (Å²) in [5.74, 6) is 0. The topological polar surface area (TPSA) is 55.4 Å². The third-order valence-corrected chi connectivity index (χ3v) is 6.57. The van der Waals surface area contributed by atoms with Crippen molar-refractivity contribution in [3.05, 3.63) is 0 Å². The molecule has 0 aromatic carbocycles. The minimum absolute atomic E-state index is 0.207. The predicted octanol–water partition coefficient (Wildman–Crippen LogP) is 3.66. The Balaban J connectivity index is 3.16. The summed E-state index contributed by atoms with van der Waals surface area (Å²) >= 11 is 0. The second kappa shape index (κ2) is 9.27. The van der Waals surface area contributed by atoms with Crippen LogP contribution >= 0.6 is 0 Å². The third-order valence-electron chi connectivity index (χ3n) is 3.64. The zero-order valence-corrected chi connectivity index (χ0v) is 21.5. The summed E-state index contributed by atoms with van der Waals surface area (Å²) in [6.45, 7) is 19.9. The van der Waals surface area contributed by atoms with E-state index >= 15 is 0 Å². The fourth-order valence-electron chi connectivity index (χ4n) is 3.00. The highest BCUT2D eigenvalue weighted by Gasteiger charge is 2.52. The zero-order valence-electron chi connectivity index (χ0n) is 18.5. The molecular formula is C17H40O6Si3. The van der Waals surface area contributed by atoms with E-state index in [-0.39, 0.29) is 24.4 Å². The van der Waals surface area contributed by atoms with E-state index in [2.05, 4.69) is 58.9 Å². The molecule has 1 aliphatic heterocycles. The Bertz CT molecular complexity index is 430. The molecule has 6 nitrogen and oxygen atoms in total. The molecule has 5 atom stereocenters. The van der Waals surface area contributed by atoms with Crippen molar-refractivity contribution in [2.24, 2.45) is 0 Å². The molecule has 1 heterocycles. The highest BCUT2D eigenvalue weighted by Crippen LogP contribution is 2.34. The minimum atomic E-state index is -1.83. The zero-order chi connectivity index (χ0) is 20.3. The first-order chi connectivity index (χ1) is 11.7. The molecule has 9 heteroatoms. The van der Waals surface area contributed by atoms with Gasteiger partial charge in [-0.05, 0) is 58.9 Å². The number of rotatable bonds is 10. The van der Waals surface area contributed by atoms with Crippen molar-refractivity contribution >= 4 is 25.0 Å². The Morgan fingerprint density at radius 1 is 0.769 bits per heavy atom. The van der Waals surface area contributed by atoms with Gasteiger partial charge in [0.25, 0.3) is 0 Å². The van der Waals surface area contributed by atoms with Gasteiger partial charge in [-0.3, -0.25) is 0 Å². The van der Waals surface area contributed by atoms with Crippen LogP contribution in [0.4, 0.5) is 0 Å². The van der Waals surface area contributed by atoms with Gasteiger partial charge < -0.3 is 27.5 Å². The van der Waals surface area contributed by atoms with Gasteiger partial charge in [0.15, 0.2) is 31.2 Å². The van der Waals surface area contributed by atoms with Gasteiger partial charge in [-0.1, -0.05) is 0 Å². The molecule has 1 fully saturated rings. The maximum atomic E-state index is 6.51. The first-order valence-corrected chi connectivity index (χ1v) is 19.6. The molecule has 26 heavy (non-hydrogen) atoms. The maximum absolute atomic E-state index is 6.51. The van der Waals surface area contributed by atoms with Crippen LogP contribution in [0.1, 0.15) is 0 Å². The minimum Gasteiger partial charge on any atom is -0.410 e. The summed E-state index contributed by atoms with van der Waals surface area (Å²) in [6.07, 6.45) is -1.43. The van der Waals surface area contributed by atoms with E-state index in [0.29, 0.717) is 6.61 Å². The molecule has 0 aliphatic carbocycles. The summed E-state index contributed by atoms with van der Waals surface area (Å²) in [5, 5.41) is 0. The normalized spacial score (nSPS) is 29.2. The van der Waals surface area contributed by atoms with Gasteiger partial charge in [-0.25, -0.2) is 0 Å². The van der Waals surface area contributed by atoms with E-state index < -0.39 is 31.2 Å². The average Bonchev–Trinajstić information content (AvgIpc) is 2.70. The molecule has 1 aliphatic rings. The lowest BCUT2D eigenvalue weighted by atomic mass is 10.1. The van der Waals surface area contributed by atoms with Crippen LogP contribution in [0, 0.1) is 0 Å². The SMILES string of the molecule is COCC(O[Si](C)(C)C)C1OC(O[Si](C)(C)C)C(OC)C1O[Si](C)(C)C. The second-order valence-electron chi connectivity index (χ2n) is 9.82. The van der Waals surface area contributed by atoms with Crippen LogP contribution < -0.4 is 0 Å². The second-order valence-corrected chi connectivity index (χ2v) is 23.2. The first kappa shape index (κ1) is 24.4. The molecule has 1 saturated heterocycles. The van der Waals surface area contributed by atoms with Gasteiger partial charge in [-0.15, -0.1) is 0 Å². The standard InChI is InChI=1S/C17H40O6Si3/c1-18-12-13(21-24(3,4)5)14-15(22-25(6,7)8)16(19-2)17(20-14)23-26(9,10)11/h13-17H,12H2,1-11H3. The van der Waals surface area contributed by atoms with E-state index in [0.717, 1.165) is 0 Å². The van der Waals surface area contributed by atoms with E-state index in [1.54, 1.807) is 14.2 Å². The molecule has 5 unspecified atom stereocenters. The molecule has 156 valence electrons. The molecule has 0 radical (unpaired) electrons. The molecule has 0 aromatic heterocycles. The molecular weight excluding hydrogens is 384 g/mol. The van der Waals surface area contributed by atoms with Crippen molar-refractivity contribution in [2.75, 3.05) is 20.8 Å². The summed E-state index contributed by atoms with van der Waals surface area (Å²) in [5.41, 5.74) is 0. The van der Waals surface area contributed by atoms with Gasteiger partial charge in [-0.2, -0.15) is 0 Å². The van der Waals surface area contributed by atoms with E-state index in [9.17, 15) is 0 Å². The Kier molecular flexibility index (Phi) is 8.72. The Labute approximate surface area is 163 Å². The van der Waals surface area contributed by atoms with E-state index in [1.165, 1.54) is 0 Å². The molecule has 0 spiro atoms. The highest BCUT2D eigenvalue weighted by atomic mass is 28.4. The number of methoxy groups -OCH3 is 2. The lowest BCUT2D eigenvalue weighted by molar-refractivity contribution is -0.143. The fourth-order valence-corrected chi connectivity index (χ4v) is 6.08. The average molecular weight is 425 g/mol. The molecule has 0 saturated carbocycles. The van der Waals surface area contributed by atoms with E-state index in [4.69, 9.17) is 27.5 Å². The summed E-state index contributed by atoms with van der Waals surface area (Å²) in [4.78, 5) is 0. The van der Waals surface area contributed by atoms with E-state index in [1.807, 2.05) is 0 Å². The largest absolute Gasteiger partial charge is 0.410 e. The van der Waals surface area contributed by atoms with Crippen LogP contribution in [0.3, 0.4) is 0 Å². The van der Waals surface area contributed by atoms with Crippen molar-refractivity contribution in [2.45, 2.75) is 89.6 Å². The van der Waals surface area contributed by atoms with Gasteiger partial charge in [0, 0.05) is 14.2 Å². The van der Waals surface area contributed by atoms with Gasteiger partial charge in [0.1, 0.15) is 18.3 Å². The van der Waals surface area contributed by atoms with Gasteiger partial charge in [0.05, 0.1) is 12.7 Å². The Hall–Kier alpha value is 0.411. The summed E-state index contributed by atoms with van der Waals surface area (Å²) in [6, 6.07) is 0. The van der Waals surface area contributed by atoms with Crippen molar-refractivity contribution in [1.29, 1.82) is 0 Å². The molecule has 0 N–H and O–H groups in total. The van der Waals surface area contributed by atoms with Gasteiger partial charge >= 0.3 is 0 Å². The lowest BCUT2D eigenvalue weighted by Crippen LogP contribution is -2.51. The highest BCUT2D eigenvalue weighted by molar-refractivity contribution is 6.70. The molecule has 0 aromatic rings. The fraction of sp³-hybridized carbons (Fsp3) is 1.00. The van der Waals surface area contributed by atoms with Crippen LogP contribution in [0.5, 0.6) is 0 Å². The van der Waals surface area contributed by atoms with Crippen molar-refractivity contribution < 1.29 is 27.5 Å². The summed E-state index contributed by atoms with van der Waals surface area (Å²) < 4.78 is 36.8. The van der Waals surface area contributed by atoms with Crippen LogP contribution in [0.25, 0.3) is 0 Å². The van der Waals surface area contributed by atoms with Crippen LogP contribution in [-0.2, 0) is 27.5 Å². The monoisotopic (exact) mass is 424 g/mol. The van der Waals surface area contributed by atoms with Crippen LogP contribution in [-0.4, -0.2) is 76.5 Å². The number of hydrogen-bond acceptors (Lipinski definition) is 6. The molecule has 1 rings (SSSR count). The van der Waals surface area contributed by atoms with Crippen molar-refractivity contribution in [1.82, 2.24) is 0 Å². The lowest BCUT2D eigenvalue weighted by Gasteiger charge is -2.35. The third kappa shape index (κ3) is 8.19. The molecule has 0 bridgehead atoms.